The maximum atomic E-state index is 12.2. The molecule has 0 aliphatic heterocycles. The van der Waals surface area contributed by atoms with Crippen LogP contribution < -0.4 is 9.62 Å². The number of hydrogen-bond acceptors (Lipinski definition) is 6. The Morgan fingerprint density at radius 3 is 2.23 bits per heavy atom. The highest BCUT2D eigenvalue weighted by atomic mass is 35.5. The van der Waals surface area contributed by atoms with Gasteiger partial charge in [-0.3, -0.25) is 9.10 Å². The molecule has 2 aromatic carbocycles. The summed E-state index contributed by atoms with van der Waals surface area (Å²) in [6.07, 6.45) is 1.60. The van der Waals surface area contributed by atoms with Gasteiger partial charge in [0.25, 0.3) is 0 Å². The molecule has 0 fully saturated rings. The summed E-state index contributed by atoms with van der Waals surface area (Å²) < 4.78 is 25.5. The van der Waals surface area contributed by atoms with Gasteiger partial charge < -0.3 is 5.32 Å². The molecular weight excluding hydrogens is 467 g/mol. The lowest BCUT2D eigenvalue weighted by Gasteiger charge is -2.22. The van der Waals surface area contributed by atoms with Crippen LogP contribution in [-0.4, -0.2) is 37.3 Å². The van der Waals surface area contributed by atoms with Crippen molar-refractivity contribution in [1.29, 1.82) is 0 Å². The van der Waals surface area contributed by atoms with E-state index in [0.29, 0.717) is 32.3 Å². The minimum absolute atomic E-state index is 0.134. The fourth-order valence-electron chi connectivity index (χ4n) is 2.64. The Hall–Kier alpha value is -2.20. The molecule has 0 aliphatic rings. The monoisotopic (exact) mass is 484 g/mol. The summed E-state index contributed by atoms with van der Waals surface area (Å²) in [6.45, 7) is 0.167. The van der Waals surface area contributed by atoms with Crippen molar-refractivity contribution < 1.29 is 13.2 Å². The third kappa shape index (κ3) is 6.15. The van der Waals surface area contributed by atoms with Crippen molar-refractivity contribution in [2.45, 2.75) is 12.8 Å². The van der Waals surface area contributed by atoms with E-state index < -0.39 is 10.0 Å². The Morgan fingerprint density at radius 2 is 1.63 bits per heavy atom. The molecule has 0 atom stereocenters. The molecule has 3 aromatic rings. The SMILES string of the molecule is CS(=O)(=O)N(CCCC(=O)Nc1nnc(-c2ccc(Cl)cc2)s1)c1ccc(Cl)cc1. The minimum atomic E-state index is -3.49. The number of halogens is 2. The fourth-order valence-corrected chi connectivity index (χ4v) is 4.62. The van der Waals surface area contributed by atoms with Crippen LogP contribution in [0.4, 0.5) is 10.8 Å². The van der Waals surface area contributed by atoms with Crippen LogP contribution in [0.15, 0.2) is 48.5 Å². The number of sulfonamides is 1. The Balaban J connectivity index is 1.56. The predicted octanol–water partition coefficient (Wildman–Crippen LogP) is 4.70. The molecule has 7 nitrogen and oxygen atoms in total. The second-order valence-corrected chi connectivity index (χ2v) is 10.1. The second-order valence-electron chi connectivity index (χ2n) is 6.38. The third-order valence-electron chi connectivity index (χ3n) is 4.04. The first-order valence-corrected chi connectivity index (χ1v) is 12.3. The number of carbonyl (C=O) groups is 1. The van der Waals surface area contributed by atoms with Crippen LogP contribution in [0.25, 0.3) is 10.6 Å². The second kappa shape index (κ2) is 9.74. The number of rotatable bonds is 8. The van der Waals surface area contributed by atoms with Crippen molar-refractivity contribution in [2.75, 3.05) is 22.4 Å². The van der Waals surface area contributed by atoms with Gasteiger partial charge in [0.2, 0.25) is 21.1 Å². The van der Waals surface area contributed by atoms with Gasteiger partial charge >= 0.3 is 0 Å². The molecule has 158 valence electrons. The van der Waals surface area contributed by atoms with Gasteiger partial charge in [0, 0.05) is 28.6 Å². The summed E-state index contributed by atoms with van der Waals surface area (Å²) in [4.78, 5) is 12.2. The van der Waals surface area contributed by atoms with E-state index in [-0.39, 0.29) is 18.9 Å². The van der Waals surface area contributed by atoms with E-state index in [4.69, 9.17) is 23.2 Å². The zero-order valence-electron chi connectivity index (χ0n) is 15.9. The Morgan fingerprint density at radius 1 is 1.03 bits per heavy atom. The molecule has 0 saturated carbocycles. The number of aromatic nitrogens is 2. The number of amides is 1. The number of carbonyl (C=O) groups excluding carboxylic acids is 1. The normalized spacial score (nSPS) is 11.3. The van der Waals surface area contributed by atoms with E-state index in [0.717, 1.165) is 11.8 Å². The Bertz CT molecular complexity index is 1120. The first kappa shape index (κ1) is 22.5. The van der Waals surface area contributed by atoms with E-state index >= 15 is 0 Å². The summed E-state index contributed by atoms with van der Waals surface area (Å²) in [6, 6.07) is 13.7. The van der Waals surface area contributed by atoms with Crippen molar-refractivity contribution in [3.05, 3.63) is 58.6 Å². The van der Waals surface area contributed by atoms with Crippen molar-refractivity contribution in [3.8, 4) is 10.6 Å². The molecule has 1 aromatic heterocycles. The van der Waals surface area contributed by atoms with Crippen LogP contribution in [-0.2, 0) is 14.8 Å². The predicted molar refractivity (Wildman–Crippen MR) is 122 cm³/mol. The number of benzene rings is 2. The van der Waals surface area contributed by atoms with E-state index in [2.05, 4.69) is 15.5 Å². The van der Waals surface area contributed by atoms with Gasteiger partial charge in [0.1, 0.15) is 5.01 Å². The van der Waals surface area contributed by atoms with Crippen LogP contribution in [0.1, 0.15) is 12.8 Å². The van der Waals surface area contributed by atoms with Crippen molar-refractivity contribution >= 4 is 61.3 Å². The van der Waals surface area contributed by atoms with Crippen molar-refractivity contribution in [3.63, 3.8) is 0 Å². The first-order chi connectivity index (χ1) is 14.2. The van der Waals surface area contributed by atoms with Gasteiger partial charge in [-0.15, -0.1) is 10.2 Å². The van der Waals surface area contributed by atoms with E-state index in [1.165, 1.54) is 15.6 Å². The summed E-state index contributed by atoms with van der Waals surface area (Å²) in [5.41, 5.74) is 1.35. The quantitative estimate of drug-likeness (QED) is 0.500. The van der Waals surface area contributed by atoms with Crippen LogP contribution >= 0.6 is 34.5 Å². The topological polar surface area (TPSA) is 92.3 Å². The molecule has 1 N–H and O–H groups in total. The van der Waals surface area contributed by atoms with Crippen molar-refractivity contribution in [1.82, 2.24) is 10.2 Å². The summed E-state index contributed by atoms with van der Waals surface area (Å²) in [7, 11) is -3.49. The minimum Gasteiger partial charge on any atom is -0.301 e. The third-order valence-corrected chi connectivity index (χ3v) is 6.63. The number of nitrogens with one attached hydrogen (secondary N) is 1. The zero-order valence-corrected chi connectivity index (χ0v) is 19.0. The summed E-state index contributed by atoms with van der Waals surface area (Å²) >= 11 is 13.0. The molecule has 0 radical (unpaired) electrons. The van der Waals surface area contributed by atoms with Crippen LogP contribution in [0.5, 0.6) is 0 Å². The smallest absolute Gasteiger partial charge is 0.232 e. The summed E-state index contributed by atoms with van der Waals surface area (Å²) in [5, 5.41) is 12.9. The van der Waals surface area contributed by atoms with Gasteiger partial charge in [0.05, 0.1) is 11.9 Å². The lowest BCUT2D eigenvalue weighted by Crippen LogP contribution is -2.31. The highest BCUT2D eigenvalue weighted by Crippen LogP contribution is 2.27. The summed E-state index contributed by atoms with van der Waals surface area (Å²) in [5.74, 6) is -0.265. The molecule has 1 amide bonds. The molecule has 0 saturated heterocycles. The average molecular weight is 485 g/mol. The van der Waals surface area contributed by atoms with E-state index in [9.17, 15) is 13.2 Å². The maximum Gasteiger partial charge on any atom is 0.232 e. The number of nitrogens with zero attached hydrogens (tertiary/aromatic N) is 3. The Labute approximate surface area is 188 Å². The van der Waals surface area contributed by atoms with Gasteiger partial charge in [-0.1, -0.05) is 46.7 Å². The lowest BCUT2D eigenvalue weighted by molar-refractivity contribution is -0.116. The van der Waals surface area contributed by atoms with Crippen LogP contribution in [0.3, 0.4) is 0 Å². The van der Waals surface area contributed by atoms with E-state index in [1.807, 2.05) is 12.1 Å². The molecule has 3 rings (SSSR count). The van der Waals surface area contributed by atoms with Gasteiger partial charge in [-0.2, -0.15) is 0 Å². The van der Waals surface area contributed by atoms with Crippen LogP contribution in [0, 0.1) is 0 Å². The Kier molecular flexibility index (Phi) is 7.30. The zero-order chi connectivity index (χ0) is 21.7. The van der Waals surface area contributed by atoms with Gasteiger partial charge in [0.15, 0.2) is 0 Å². The van der Waals surface area contributed by atoms with Gasteiger partial charge in [-0.05, 0) is 42.8 Å². The molecule has 0 unspecified atom stereocenters. The molecule has 0 bridgehead atoms. The molecule has 11 heteroatoms. The highest BCUT2D eigenvalue weighted by Gasteiger charge is 2.18. The van der Waals surface area contributed by atoms with Crippen LogP contribution in [0.2, 0.25) is 10.0 Å². The number of anilines is 2. The molecule has 1 heterocycles. The number of hydrogen-bond donors (Lipinski definition) is 1. The standard InChI is InChI=1S/C19H18Cl2N4O3S2/c1-30(27,28)25(16-10-8-15(21)9-11-16)12-2-3-17(26)22-19-24-23-18(29-19)13-4-6-14(20)7-5-13/h4-11H,2-3,12H2,1H3,(H,22,24,26). The largest absolute Gasteiger partial charge is 0.301 e. The first-order valence-electron chi connectivity index (χ1n) is 8.85. The lowest BCUT2D eigenvalue weighted by atomic mass is 10.2. The molecular formula is C19H18Cl2N4O3S2. The average Bonchev–Trinajstić information content (AvgIpc) is 3.14. The van der Waals surface area contributed by atoms with Crippen molar-refractivity contribution in [2.24, 2.45) is 0 Å². The maximum absolute atomic E-state index is 12.2. The highest BCUT2D eigenvalue weighted by molar-refractivity contribution is 7.92. The molecule has 0 spiro atoms. The molecule has 30 heavy (non-hydrogen) atoms. The molecule has 0 aliphatic carbocycles. The van der Waals surface area contributed by atoms with E-state index in [1.54, 1.807) is 36.4 Å². The van der Waals surface area contributed by atoms with Gasteiger partial charge in [-0.25, -0.2) is 8.42 Å². The fraction of sp³-hybridized carbons (Fsp3) is 0.211.